The third kappa shape index (κ3) is 4.26. The first-order valence-electron chi connectivity index (χ1n) is 9.78. The third-order valence-corrected chi connectivity index (χ3v) is 5.51. The number of aryl methyl sites for hydroxylation is 1. The summed E-state index contributed by atoms with van der Waals surface area (Å²) in [6.07, 6.45) is 2.00. The number of fused-ring (bicyclic) bond motifs is 1. The summed E-state index contributed by atoms with van der Waals surface area (Å²) in [6.45, 7) is 8.09. The maximum absolute atomic E-state index is 12.8. The molecule has 1 heterocycles. The SMILES string of the molecule is CCC1(CC)C[C@@H](NC(=O)[C@@H](C)Oc2ccc(C)cc2)c2ccccc2O1. The Balaban J connectivity index is 1.74. The van der Waals surface area contributed by atoms with Gasteiger partial charge in [0.25, 0.3) is 5.91 Å². The lowest BCUT2D eigenvalue weighted by atomic mass is 9.83. The van der Waals surface area contributed by atoms with Gasteiger partial charge in [0.2, 0.25) is 0 Å². The molecule has 1 aliphatic heterocycles. The van der Waals surface area contributed by atoms with Gasteiger partial charge in [-0.05, 0) is 44.9 Å². The van der Waals surface area contributed by atoms with Crippen molar-refractivity contribution >= 4 is 5.91 Å². The highest BCUT2D eigenvalue weighted by atomic mass is 16.5. The van der Waals surface area contributed by atoms with E-state index in [2.05, 4.69) is 19.2 Å². The van der Waals surface area contributed by atoms with E-state index in [1.165, 1.54) is 0 Å². The van der Waals surface area contributed by atoms with Crippen LogP contribution in [0.15, 0.2) is 48.5 Å². The zero-order valence-corrected chi connectivity index (χ0v) is 16.6. The summed E-state index contributed by atoms with van der Waals surface area (Å²) in [7, 11) is 0. The quantitative estimate of drug-likeness (QED) is 0.785. The lowest BCUT2D eigenvalue weighted by molar-refractivity contribution is -0.128. The number of benzene rings is 2. The number of hydrogen-bond acceptors (Lipinski definition) is 3. The average Bonchev–Trinajstić information content (AvgIpc) is 2.69. The van der Waals surface area contributed by atoms with Crippen LogP contribution in [-0.4, -0.2) is 17.6 Å². The molecular formula is C23H29NO3. The molecule has 1 N–H and O–H groups in total. The molecule has 0 radical (unpaired) electrons. The summed E-state index contributed by atoms with van der Waals surface area (Å²) in [6, 6.07) is 15.6. The predicted octanol–water partition coefficient (Wildman–Crippen LogP) is 4.96. The minimum atomic E-state index is -0.569. The van der Waals surface area contributed by atoms with Crippen molar-refractivity contribution < 1.29 is 14.3 Å². The number of amides is 1. The smallest absolute Gasteiger partial charge is 0.261 e. The van der Waals surface area contributed by atoms with Crippen molar-refractivity contribution in [1.29, 1.82) is 0 Å². The van der Waals surface area contributed by atoms with Crippen molar-refractivity contribution in [3.63, 3.8) is 0 Å². The molecule has 1 aliphatic rings. The van der Waals surface area contributed by atoms with Crippen LogP contribution in [0.5, 0.6) is 11.5 Å². The van der Waals surface area contributed by atoms with Crippen LogP contribution in [0.4, 0.5) is 0 Å². The van der Waals surface area contributed by atoms with Crippen molar-refractivity contribution in [3.8, 4) is 11.5 Å². The summed E-state index contributed by atoms with van der Waals surface area (Å²) in [5, 5.41) is 3.19. The van der Waals surface area contributed by atoms with Gasteiger partial charge in [-0.25, -0.2) is 0 Å². The number of ether oxygens (including phenoxy) is 2. The summed E-state index contributed by atoms with van der Waals surface area (Å²) >= 11 is 0. The fraction of sp³-hybridized carbons (Fsp3) is 0.435. The van der Waals surface area contributed by atoms with E-state index in [1.807, 2.05) is 55.5 Å². The van der Waals surface area contributed by atoms with Gasteiger partial charge in [0.05, 0.1) is 6.04 Å². The summed E-state index contributed by atoms with van der Waals surface area (Å²) < 4.78 is 12.1. The van der Waals surface area contributed by atoms with Gasteiger partial charge in [-0.1, -0.05) is 49.7 Å². The molecule has 0 saturated carbocycles. The molecule has 4 nitrogen and oxygen atoms in total. The molecule has 4 heteroatoms. The Morgan fingerprint density at radius 1 is 1.19 bits per heavy atom. The zero-order chi connectivity index (χ0) is 19.4. The largest absolute Gasteiger partial charge is 0.487 e. The first-order valence-corrected chi connectivity index (χ1v) is 9.78. The van der Waals surface area contributed by atoms with Crippen LogP contribution < -0.4 is 14.8 Å². The number of rotatable bonds is 6. The molecule has 0 fully saturated rings. The molecule has 0 aliphatic carbocycles. The predicted molar refractivity (Wildman–Crippen MR) is 107 cm³/mol. The van der Waals surface area contributed by atoms with Crippen molar-refractivity contribution in [2.75, 3.05) is 0 Å². The molecule has 144 valence electrons. The molecular weight excluding hydrogens is 338 g/mol. The molecule has 2 aromatic carbocycles. The van der Waals surface area contributed by atoms with E-state index in [0.29, 0.717) is 5.75 Å². The third-order valence-electron chi connectivity index (χ3n) is 5.51. The Kier molecular flexibility index (Phi) is 5.73. The van der Waals surface area contributed by atoms with Gasteiger partial charge in [-0.15, -0.1) is 0 Å². The molecule has 1 amide bonds. The molecule has 3 rings (SSSR count). The van der Waals surface area contributed by atoms with Crippen molar-refractivity contribution in [2.24, 2.45) is 0 Å². The Morgan fingerprint density at radius 2 is 1.85 bits per heavy atom. The highest BCUT2D eigenvalue weighted by Crippen LogP contribution is 2.42. The van der Waals surface area contributed by atoms with E-state index in [-0.39, 0.29) is 17.6 Å². The van der Waals surface area contributed by atoms with Gasteiger partial charge in [0.1, 0.15) is 17.1 Å². The van der Waals surface area contributed by atoms with Crippen molar-refractivity contribution in [1.82, 2.24) is 5.32 Å². The van der Waals surface area contributed by atoms with Crippen LogP contribution in [-0.2, 0) is 4.79 Å². The van der Waals surface area contributed by atoms with Crippen LogP contribution in [0.3, 0.4) is 0 Å². The van der Waals surface area contributed by atoms with E-state index in [4.69, 9.17) is 9.47 Å². The van der Waals surface area contributed by atoms with Gasteiger partial charge in [-0.3, -0.25) is 4.79 Å². The topological polar surface area (TPSA) is 47.6 Å². The molecule has 27 heavy (non-hydrogen) atoms. The highest BCUT2D eigenvalue weighted by molar-refractivity contribution is 5.81. The summed E-state index contributed by atoms with van der Waals surface area (Å²) in [5.41, 5.74) is 1.95. The fourth-order valence-electron chi connectivity index (χ4n) is 3.59. The summed E-state index contributed by atoms with van der Waals surface area (Å²) in [5.74, 6) is 1.45. The molecule has 2 atom stereocenters. The van der Waals surface area contributed by atoms with E-state index in [9.17, 15) is 4.79 Å². The van der Waals surface area contributed by atoms with Crippen LogP contribution in [0, 0.1) is 6.92 Å². The van der Waals surface area contributed by atoms with E-state index < -0.39 is 6.10 Å². The maximum atomic E-state index is 12.8. The van der Waals surface area contributed by atoms with E-state index >= 15 is 0 Å². The standard InChI is InChI=1S/C23H29NO3/c1-5-23(6-2)15-20(19-9-7-8-10-21(19)27-23)24-22(25)17(4)26-18-13-11-16(3)12-14-18/h7-14,17,20H,5-6,15H2,1-4H3,(H,24,25)/t17-,20-/m1/s1. The molecule has 0 bridgehead atoms. The normalized spacial score (nSPS) is 18.7. The Morgan fingerprint density at radius 3 is 2.52 bits per heavy atom. The number of carbonyl (C=O) groups is 1. The van der Waals surface area contributed by atoms with Gasteiger partial charge >= 0.3 is 0 Å². The minimum absolute atomic E-state index is 0.0774. The molecule has 2 aromatic rings. The minimum Gasteiger partial charge on any atom is -0.487 e. The second-order valence-electron chi connectivity index (χ2n) is 7.37. The molecule has 0 aromatic heterocycles. The molecule has 0 saturated heterocycles. The average molecular weight is 367 g/mol. The van der Waals surface area contributed by atoms with Gasteiger partial charge in [0, 0.05) is 12.0 Å². The lowest BCUT2D eigenvalue weighted by Crippen LogP contribution is -2.46. The van der Waals surface area contributed by atoms with E-state index in [0.717, 1.165) is 36.1 Å². The number of hydrogen-bond donors (Lipinski definition) is 1. The zero-order valence-electron chi connectivity index (χ0n) is 16.6. The van der Waals surface area contributed by atoms with Crippen LogP contribution in [0.1, 0.15) is 57.2 Å². The number of nitrogens with one attached hydrogen (secondary N) is 1. The maximum Gasteiger partial charge on any atom is 0.261 e. The first-order chi connectivity index (χ1) is 13.0. The monoisotopic (exact) mass is 367 g/mol. The second kappa shape index (κ2) is 8.03. The Labute approximate surface area is 161 Å². The van der Waals surface area contributed by atoms with Gasteiger partial charge in [0.15, 0.2) is 6.10 Å². The van der Waals surface area contributed by atoms with Gasteiger partial charge in [-0.2, -0.15) is 0 Å². The van der Waals surface area contributed by atoms with E-state index in [1.54, 1.807) is 6.92 Å². The molecule has 0 spiro atoms. The second-order valence-corrected chi connectivity index (χ2v) is 7.37. The fourth-order valence-corrected chi connectivity index (χ4v) is 3.59. The number of para-hydroxylation sites is 1. The van der Waals surface area contributed by atoms with Crippen molar-refractivity contribution in [2.45, 2.75) is 64.7 Å². The Bertz CT molecular complexity index is 780. The Hall–Kier alpha value is -2.49. The number of carbonyl (C=O) groups excluding carboxylic acids is 1. The highest BCUT2D eigenvalue weighted by Gasteiger charge is 2.39. The first kappa shape index (κ1) is 19.3. The summed E-state index contributed by atoms with van der Waals surface area (Å²) in [4.78, 5) is 12.8. The lowest BCUT2D eigenvalue weighted by Gasteiger charge is -2.41. The van der Waals surface area contributed by atoms with Crippen LogP contribution in [0.2, 0.25) is 0 Å². The van der Waals surface area contributed by atoms with Gasteiger partial charge < -0.3 is 14.8 Å². The van der Waals surface area contributed by atoms with Crippen LogP contribution in [0.25, 0.3) is 0 Å². The molecule has 0 unspecified atom stereocenters. The van der Waals surface area contributed by atoms with Crippen LogP contribution >= 0.6 is 0 Å². The van der Waals surface area contributed by atoms with Crippen molar-refractivity contribution in [3.05, 3.63) is 59.7 Å².